The Morgan fingerprint density at radius 3 is 2.17 bits per heavy atom. The number of rotatable bonds is 8. The third-order valence-corrected chi connectivity index (χ3v) is 5.69. The highest BCUT2D eigenvalue weighted by Gasteiger charge is 2.30. The van der Waals surface area contributed by atoms with E-state index in [1.807, 2.05) is 32.2 Å². The van der Waals surface area contributed by atoms with Gasteiger partial charge in [0.25, 0.3) is 5.91 Å². The third-order valence-electron chi connectivity index (χ3n) is 3.79. The van der Waals surface area contributed by atoms with Gasteiger partial charge >= 0.3 is 0 Å². The lowest BCUT2D eigenvalue weighted by molar-refractivity contribution is 0.101. The van der Waals surface area contributed by atoms with Gasteiger partial charge < -0.3 is 0 Å². The average Bonchev–Trinajstić information content (AvgIpc) is 3.11. The topological polar surface area (TPSA) is 54.9 Å². The smallest absolute Gasteiger partial charge is 0.263 e. The summed E-state index contributed by atoms with van der Waals surface area (Å²) in [6, 6.07) is 0. The normalized spacial score (nSPS) is 11.5. The molecule has 0 saturated carbocycles. The van der Waals surface area contributed by atoms with Crippen LogP contribution in [0.1, 0.15) is 44.0 Å². The van der Waals surface area contributed by atoms with Gasteiger partial charge in [-0.3, -0.25) is 10.1 Å². The Morgan fingerprint density at radius 2 is 1.57 bits per heavy atom. The van der Waals surface area contributed by atoms with Gasteiger partial charge in [-0.1, -0.05) is 46.4 Å². The van der Waals surface area contributed by atoms with E-state index in [9.17, 15) is 26.7 Å². The molecule has 0 spiro atoms. The van der Waals surface area contributed by atoms with E-state index in [1.165, 1.54) is 22.9 Å². The lowest BCUT2D eigenvalue weighted by Crippen LogP contribution is -2.19. The van der Waals surface area contributed by atoms with Crippen molar-refractivity contribution < 1.29 is 26.7 Å². The summed E-state index contributed by atoms with van der Waals surface area (Å²) >= 11 is 2.25. The minimum Gasteiger partial charge on any atom is -0.296 e. The Labute approximate surface area is 178 Å². The van der Waals surface area contributed by atoms with Gasteiger partial charge in [0.05, 0.1) is 0 Å². The van der Waals surface area contributed by atoms with Gasteiger partial charge in [-0.25, -0.2) is 22.0 Å². The van der Waals surface area contributed by atoms with Gasteiger partial charge in [-0.05, 0) is 33.6 Å². The van der Waals surface area contributed by atoms with Crippen molar-refractivity contribution in [3.63, 3.8) is 0 Å². The second kappa shape index (κ2) is 10.7. The maximum absolute atomic E-state index is 13.7. The largest absolute Gasteiger partial charge is 0.296 e. The van der Waals surface area contributed by atoms with Crippen LogP contribution in [0, 0.1) is 29.1 Å². The zero-order valence-corrected chi connectivity index (χ0v) is 17.9. The summed E-state index contributed by atoms with van der Waals surface area (Å²) in [6.45, 7) is 6.08. The van der Waals surface area contributed by atoms with E-state index in [0.29, 0.717) is 10.1 Å². The number of nitrogens with zero attached hydrogens (tertiary/aromatic N) is 2. The fourth-order valence-electron chi connectivity index (χ4n) is 2.23. The highest BCUT2D eigenvalue weighted by Crippen LogP contribution is 2.28. The molecule has 1 aromatic heterocycles. The van der Waals surface area contributed by atoms with E-state index in [4.69, 9.17) is 0 Å². The highest BCUT2D eigenvalue weighted by atomic mass is 32.2. The summed E-state index contributed by atoms with van der Waals surface area (Å²) < 4.78 is 67.5. The molecule has 0 bridgehead atoms. The van der Waals surface area contributed by atoms with Crippen molar-refractivity contribution in [2.24, 2.45) is 0 Å². The monoisotopic (exact) mass is 463 g/mol. The summed E-state index contributed by atoms with van der Waals surface area (Å²) in [5, 5.41) is 9.35. The number of anilines is 1. The van der Waals surface area contributed by atoms with Crippen LogP contribution in [0.3, 0.4) is 0 Å². The second-order valence-electron chi connectivity index (χ2n) is 6.45. The summed E-state index contributed by atoms with van der Waals surface area (Å²) in [5.74, 6) is -12.1. The second-order valence-corrected chi connectivity index (χ2v) is 8.70. The lowest BCUT2D eigenvalue weighted by atomic mass is 10.1. The minimum atomic E-state index is -2.33. The number of carbonyl (C=O) groups is 1. The molecule has 0 atom stereocenters. The molecule has 0 aliphatic rings. The molecule has 1 heterocycles. The first-order valence-corrected chi connectivity index (χ1v) is 10.5. The van der Waals surface area contributed by atoms with E-state index < -0.39 is 40.6 Å². The van der Waals surface area contributed by atoms with Crippen molar-refractivity contribution in [3.05, 3.63) is 57.9 Å². The number of nitrogens with one attached hydrogen (secondary N) is 1. The first-order valence-electron chi connectivity index (χ1n) is 8.69. The van der Waals surface area contributed by atoms with E-state index in [-0.39, 0.29) is 5.13 Å². The van der Waals surface area contributed by atoms with Crippen molar-refractivity contribution in [1.29, 1.82) is 0 Å². The van der Waals surface area contributed by atoms with Gasteiger partial charge in [-0.15, -0.1) is 10.2 Å². The van der Waals surface area contributed by atoms with Crippen LogP contribution in [0.4, 0.5) is 27.1 Å². The van der Waals surface area contributed by atoms with Crippen molar-refractivity contribution in [2.45, 2.75) is 38.0 Å². The van der Waals surface area contributed by atoms with E-state index in [2.05, 4.69) is 16.3 Å². The summed E-state index contributed by atoms with van der Waals surface area (Å²) in [7, 11) is 0. The van der Waals surface area contributed by atoms with Crippen LogP contribution in [-0.2, 0) is 0 Å². The number of carbonyl (C=O) groups excluding carboxylic acids is 1. The molecule has 2 aromatic rings. The van der Waals surface area contributed by atoms with Crippen molar-refractivity contribution in [1.82, 2.24) is 10.2 Å². The predicted molar refractivity (Wildman–Crippen MR) is 107 cm³/mol. The summed E-state index contributed by atoms with van der Waals surface area (Å²) in [5.41, 5.74) is 0.876. The zero-order valence-electron chi connectivity index (χ0n) is 16.3. The van der Waals surface area contributed by atoms with Crippen LogP contribution in [-0.4, -0.2) is 21.9 Å². The van der Waals surface area contributed by atoms with Crippen molar-refractivity contribution in [2.75, 3.05) is 11.1 Å². The van der Waals surface area contributed by atoms with E-state index in [1.54, 1.807) is 0 Å². The third kappa shape index (κ3) is 6.11. The molecule has 0 aliphatic heterocycles. The van der Waals surface area contributed by atoms with Gasteiger partial charge in [0.15, 0.2) is 27.6 Å². The van der Waals surface area contributed by atoms with Crippen LogP contribution < -0.4 is 5.32 Å². The summed E-state index contributed by atoms with van der Waals surface area (Å²) in [4.78, 5) is 12.0. The standard InChI is InChI=1S/C19H18F5N3OS2/c1-9(2)5-4-6-10(3)7-8-29-19-27-26-18(30-19)25-17(28)11-12(20)14(22)16(24)15(23)13(11)21/h5,7H,4,6,8H2,1-3H3,(H,25,26,28)/b10-7+. The molecule has 1 aromatic carbocycles. The van der Waals surface area contributed by atoms with Gasteiger partial charge in [0, 0.05) is 5.75 Å². The molecule has 2 rings (SSSR count). The van der Waals surface area contributed by atoms with E-state index in [0.717, 1.165) is 24.2 Å². The molecule has 162 valence electrons. The van der Waals surface area contributed by atoms with Crippen molar-refractivity contribution >= 4 is 34.1 Å². The number of hydrogen-bond acceptors (Lipinski definition) is 5. The minimum absolute atomic E-state index is 0.129. The Morgan fingerprint density at radius 1 is 0.967 bits per heavy atom. The number of aromatic nitrogens is 2. The van der Waals surface area contributed by atoms with Crippen LogP contribution in [0.25, 0.3) is 0 Å². The Bertz CT molecular complexity index is 971. The van der Waals surface area contributed by atoms with Gasteiger partial charge in [0.2, 0.25) is 10.9 Å². The summed E-state index contributed by atoms with van der Waals surface area (Å²) in [6.07, 6.45) is 6.04. The predicted octanol–water partition coefficient (Wildman–Crippen LogP) is 6.27. The number of benzene rings is 1. The molecule has 30 heavy (non-hydrogen) atoms. The Kier molecular flexibility index (Phi) is 8.54. The maximum Gasteiger partial charge on any atom is 0.263 e. The molecule has 0 radical (unpaired) electrons. The number of hydrogen-bond donors (Lipinski definition) is 1. The highest BCUT2D eigenvalue weighted by molar-refractivity contribution is 8.01. The number of thioether (sulfide) groups is 1. The fourth-order valence-corrected chi connectivity index (χ4v) is 3.99. The molecule has 1 N–H and O–H groups in total. The molecular weight excluding hydrogens is 445 g/mol. The van der Waals surface area contributed by atoms with Gasteiger partial charge in [0.1, 0.15) is 5.56 Å². The first kappa shape index (κ1) is 24.0. The molecule has 0 saturated heterocycles. The number of amides is 1. The first-order chi connectivity index (χ1) is 14.1. The van der Waals surface area contributed by atoms with Crippen LogP contribution in [0.5, 0.6) is 0 Å². The van der Waals surface area contributed by atoms with Crippen LogP contribution in [0.15, 0.2) is 27.6 Å². The molecule has 0 aliphatic carbocycles. The zero-order chi connectivity index (χ0) is 22.4. The Balaban J connectivity index is 2.00. The SMILES string of the molecule is CC(C)=CCC/C(C)=C/CSc1nnc(NC(=O)c2c(F)c(F)c(F)c(F)c2F)s1. The quantitative estimate of drug-likeness (QED) is 0.125. The molecule has 0 unspecified atom stereocenters. The molecule has 11 heteroatoms. The van der Waals surface area contributed by atoms with Gasteiger partial charge in [-0.2, -0.15) is 0 Å². The maximum atomic E-state index is 13.7. The van der Waals surface area contributed by atoms with Crippen LogP contribution in [0.2, 0.25) is 0 Å². The Hall–Kier alpha value is -2.27. The lowest BCUT2D eigenvalue weighted by Gasteiger charge is -2.07. The van der Waals surface area contributed by atoms with Crippen molar-refractivity contribution in [3.8, 4) is 0 Å². The molecular formula is C19H18F5N3OS2. The molecule has 0 fully saturated rings. The van der Waals surface area contributed by atoms with Crippen LogP contribution >= 0.6 is 23.1 Å². The average molecular weight is 463 g/mol. The fraction of sp³-hybridized carbons (Fsp3) is 0.316. The molecule has 1 amide bonds. The number of allylic oxidation sites excluding steroid dienone is 3. The number of halogens is 5. The van der Waals surface area contributed by atoms with E-state index >= 15 is 0 Å². The molecule has 4 nitrogen and oxygen atoms in total.